The minimum atomic E-state index is -0.0670. The molecule has 0 heterocycles. The summed E-state index contributed by atoms with van der Waals surface area (Å²) >= 11 is 5.81. The van der Waals surface area contributed by atoms with E-state index in [4.69, 9.17) is 17.3 Å². The molecule has 0 aliphatic heterocycles. The molecule has 0 unspecified atom stereocenters. The molecule has 0 saturated heterocycles. The fraction of sp³-hybridized carbons (Fsp3) is 0.364. The minimum absolute atomic E-state index is 0.0670. The predicted molar refractivity (Wildman–Crippen MR) is 67.7 cm³/mol. The summed E-state index contributed by atoms with van der Waals surface area (Å²) < 4.78 is 0. The Morgan fingerprint density at radius 1 is 1.50 bits per heavy atom. The number of amides is 1. The van der Waals surface area contributed by atoms with Gasteiger partial charge in [0.05, 0.1) is 11.4 Å². The van der Waals surface area contributed by atoms with Crippen molar-refractivity contribution in [3.63, 3.8) is 0 Å². The van der Waals surface area contributed by atoms with Gasteiger partial charge in [0.15, 0.2) is 0 Å². The van der Waals surface area contributed by atoms with Gasteiger partial charge in [-0.15, -0.1) is 0 Å². The van der Waals surface area contributed by atoms with E-state index in [2.05, 4.69) is 5.32 Å². The van der Waals surface area contributed by atoms with Crippen molar-refractivity contribution in [1.29, 1.82) is 0 Å². The van der Waals surface area contributed by atoms with E-state index in [-0.39, 0.29) is 5.91 Å². The second-order valence-electron chi connectivity index (χ2n) is 3.83. The first-order valence-electron chi connectivity index (χ1n) is 4.98. The van der Waals surface area contributed by atoms with Crippen LogP contribution in [0.4, 0.5) is 11.4 Å². The number of rotatable bonds is 4. The number of nitrogens with zero attached hydrogens (tertiary/aromatic N) is 1. The Morgan fingerprint density at radius 2 is 2.19 bits per heavy atom. The molecular weight excluding hydrogens is 226 g/mol. The molecule has 0 saturated carbocycles. The second kappa shape index (κ2) is 5.72. The smallest absolute Gasteiger partial charge is 0.225 e. The van der Waals surface area contributed by atoms with Crippen LogP contribution in [0.2, 0.25) is 5.02 Å². The van der Waals surface area contributed by atoms with Crippen LogP contribution < -0.4 is 11.1 Å². The number of hydrogen-bond acceptors (Lipinski definition) is 3. The summed E-state index contributed by atoms with van der Waals surface area (Å²) in [5, 5.41) is 3.28. The van der Waals surface area contributed by atoms with Crippen LogP contribution in [0, 0.1) is 0 Å². The highest BCUT2D eigenvalue weighted by Gasteiger charge is 2.06. The first-order valence-corrected chi connectivity index (χ1v) is 5.36. The third kappa shape index (κ3) is 4.08. The van der Waals surface area contributed by atoms with Gasteiger partial charge in [-0.25, -0.2) is 0 Å². The number of carbonyl (C=O) groups is 1. The van der Waals surface area contributed by atoms with E-state index in [0.29, 0.717) is 29.4 Å². The van der Waals surface area contributed by atoms with Gasteiger partial charge in [0.2, 0.25) is 5.91 Å². The molecule has 1 aromatic rings. The van der Waals surface area contributed by atoms with E-state index in [1.807, 2.05) is 19.0 Å². The molecule has 0 atom stereocenters. The normalized spacial score (nSPS) is 10.5. The Balaban J connectivity index is 2.59. The first-order chi connectivity index (χ1) is 7.49. The molecule has 16 heavy (non-hydrogen) atoms. The van der Waals surface area contributed by atoms with Gasteiger partial charge < -0.3 is 16.0 Å². The number of halogens is 1. The Labute approximate surface area is 100 Å². The molecule has 0 spiro atoms. The molecule has 1 rings (SSSR count). The monoisotopic (exact) mass is 241 g/mol. The molecule has 3 N–H and O–H groups in total. The van der Waals surface area contributed by atoms with Gasteiger partial charge in [-0.1, -0.05) is 11.6 Å². The standard InChI is InChI=1S/C11H16ClN3O/c1-15(2)6-5-11(16)14-10-7-8(12)3-4-9(10)13/h3-4,7H,5-6,13H2,1-2H3,(H,14,16). The van der Waals surface area contributed by atoms with E-state index >= 15 is 0 Å². The molecular formula is C11H16ClN3O. The Morgan fingerprint density at radius 3 is 2.81 bits per heavy atom. The third-order valence-electron chi connectivity index (χ3n) is 2.08. The SMILES string of the molecule is CN(C)CCC(=O)Nc1cc(Cl)ccc1N. The highest BCUT2D eigenvalue weighted by Crippen LogP contribution is 2.22. The number of nitrogen functional groups attached to an aromatic ring is 1. The summed E-state index contributed by atoms with van der Waals surface area (Å²) in [5.41, 5.74) is 6.79. The first kappa shape index (κ1) is 12.8. The van der Waals surface area contributed by atoms with Crippen LogP contribution in [0.25, 0.3) is 0 Å². The summed E-state index contributed by atoms with van der Waals surface area (Å²) in [6.07, 6.45) is 0.430. The highest BCUT2D eigenvalue weighted by molar-refractivity contribution is 6.31. The number of anilines is 2. The average Bonchev–Trinajstić information content (AvgIpc) is 2.20. The highest BCUT2D eigenvalue weighted by atomic mass is 35.5. The second-order valence-corrected chi connectivity index (χ2v) is 4.27. The molecule has 0 aliphatic rings. The fourth-order valence-corrected chi connectivity index (χ4v) is 1.35. The van der Waals surface area contributed by atoms with Crippen molar-refractivity contribution in [1.82, 2.24) is 4.90 Å². The van der Waals surface area contributed by atoms with Crippen molar-refractivity contribution in [2.24, 2.45) is 0 Å². The Hall–Kier alpha value is -1.26. The number of hydrogen-bond donors (Lipinski definition) is 2. The van der Waals surface area contributed by atoms with Gasteiger partial charge in [0.1, 0.15) is 0 Å². The van der Waals surface area contributed by atoms with Crippen molar-refractivity contribution in [3.05, 3.63) is 23.2 Å². The van der Waals surface area contributed by atoms with Gasteiger partial charge in [-0.2, -0.15) is 0 Å². The van der Waals surface area contributed by atoms with Crippen LogP contribution >= 0.6 is 11.6 Å². The zero-order chi connectivity index (χ0) is 12.1. The largest absolute Gasteiger partial charge is 0.397 e. The predicted octanol–water partition coefficient (Wildman–Crippen LogP) is 1.81. The van der Waals surface area contributed by atoms with E-state index in [9.17, 15) is 4.79 Å². The lowest BCUT2D eigenvalue weighted by molar-refractivity contribution is -0.116. The summed E-state index contributed by atoms with van der Waals surface area (Å²) in [6.45, 7) is 0.701. The van der Waals surface area contributed by atoms with Gasteiger partial charge in [0, 0.05) is 18.0 Å². The summed E-state index contributed by atoms with van der Waals surface area (Å²) in [4.78, 5) is 13.5. The summed E-state index contributed by atoms with van der Waals surface area (Å²) in [5.74, 6) is -0.0670. The van der Waals surface area contributed by atoms with Crippen LogP contribution in [0.3, 0.4) is 0 Å². The Bertz CT molecular complexity index is 379. The Kier molecular flexibility index (Phi) is 4.58. The zero-order valence-corrected chi connectivity index (χ0v) is 10.2. The quantitative estimate of drug-likeness (QED) is 0.791. The molecule has 5 heteroatoms. The van der Waals surface area contributed by atoms with Crippen LogP contribution in [-0.2, 0) is 4.79 Å². The molecule has 88 valence electrons. The van der Waals surface area contributed by atoms with Crippen molar-refractivity contribution >= 4 is 28.9 Å². The van der Waals surface area contributed by atoms with E-state index in [1.54, 1.807) is 18.2 Å². The van der Waals surface area contributed by atoms with Crippen molar-refractivity contribution in [3.8, 4) is 0 Å². The minimum Gasteiger partial charge on any atom is -0.397 e. The van der Waals surface area contributed by atoms with Crippen molar-refractivity contribution in [2.75, 3.05) is 31.7 Å². The molecule has 0 fully saturated rings. The number of benzene rings is 1. The van der Waals surface area contributed by atoms with Gasteiger partial charge in [-0.05, 0) is 32.3 Å². The molecule has 0 aliphatic carbocycles. The lowest BCUT2D eigenvalue weighted by Gasteiger charge is -2.11. The zero-order valence-electron chi connectivity index (χ0n) is 9.46. The maximum Gasteiger partial charge on any atom is 0.225 e. The number of nitrogens with one attached hydrogen (secondary N) is 1. The summed E-state index contributed by atoms with van der Waals surface area (Å²) in [7, 11) is 3.84. The number of nitrogens with two attached hydrogens (primary N) is 1. The van der Waals surface area contributed by atoms with E-state index in [1.165, 1.54) is 0 Å². The maximum atomic E-state index is 11.5. The van der Waals surface area contributed by atoms with E-state index in [0.717, 1.165) is 0 Å². The molecule has 0 aromatic heterocycles. The molecule has 0 bridgehead atoms. The average molecular weight is 242 g/mol. The molecule has 1 amide bonds. The van der Waals surface area contributed by atoms with Crippen LogP contribution in [0.15, 0.2) is 18.2 Å². The van der Waals surface area contributed by atoms with Crippen LogP contribution in [-0.4, -0.2) is 31.4 Å². The molecule has 4 nitrogen and oxygen atoms in total. The van der Waals surface area contributed by atoms with Crippen molar-refractivity contribution in [2.45, 2.75) is 6.42 Å². The van der Waals surface area contributed by atoms with Gasteiger partial charge in [-0.3, -0.25) is 4.79 Å². The topological polar surface area (TPSA) is 58.4 Å². The van der Waals surface area contributed by atoms with Gasteiger partial charge >= 0.3 is 0 Å². The number of carbonyl (C=O) groups excluding carboxylic acids is 1. The van der Waals surface area contributed by atoms with Crippen LogP contribution in [0.5, 0.6) is 0 Å². The maximum absolute atomic E-state index is 11.5. The third-order valence-corrected chi connectivity index (χ3v) is 2.31. The summed E-state index contributed by atoms with van der Waals surface area (Å²) in [6, 6.07) is 5.00. The van der Waals surface area contributed by atoms with Crippen molar-refractivity contribution < 1.29 is 4.79 Å². The van der Waals surface area contributed by atoms with Crippen LogP contribution in [0.1, 0.15) is 6.42 Å². The van der Waals surface area contributed by atoms with E-state index < -0.39 is 0 Å². The lowest BCUT2D eigenvalue weighted by Crippen LogP contribution is -2.21. The molecule has 1 aromatic carbocycles. The van der Waals surface area contributed by atoms with Gasteiger partial charge in [0.25, 0.3) is 0 Å². The lowest BCUT2D eigenvalue weighted by atomic mass is 10.2. The fourth-order valence-electron chi connectivity index (χ4n) is 1.17. The molecule has 0 radical (unpaired) electrons.